The molecule has 0 aliphatic heterocycles. The van der Waals surface area contributed by atoms with Crippen molar-refractivity contribution >= 4 is 29.0 Å². The summed E-state index contributed by atoms with van der Waals surface area (Å²) in [6.07, 6.45) is 0.308. The van der Waals surface area contributed by atoms with Crippen LogP contribution in [-0.2, 0) is 11.2 Å². The molecule has 0 saturated heterocycles. The number of carbonyl (C=O) groups excluding carboxylic acids is 1. The highest BCUT2D eigenvalue weighted by Gasteiger charge is 2.32. The monoisotopic (exact) mass is 301 g/mol. The van der Waals surface area contributed by atoms with Gasteiger partial charge in [0.25, 0.3) is 0 Å². The van der Waals surface area contributed by atoms with Crippen LogP contribution < -0.4 is 0 Å². The van der Waals surface area contributed by atoms with Gasteiger partial charge in [0.15, 0.2) is 5.78 Å². The minimum Gasteiger partial charge on any atom is -0.297 e. The Morgan fingerprint density at radius 3 is 2.32 bits per heavy atom. The molecule has 0 spiro atoms. The lowest BCUT2D eigenvalue weighted by Gasteiger charge is -2.36. The smallest absolute Gasteiger partial charge is 0.156 e. The van der Waals surface area contributed by atoms with Crippen molar-refractivity contribution in [2.45, 2.75) is 39.7 Å². The van der Waals surface area contributed by atoms with Crippen LogP contribution >= 0.6 is 23.2 Å². The summed E-state index contributed by atoms with van der Waals surface area (Å²) in [5, 5.41) is 0.973. The van der Waals surface area contributed by atoms with Gasteiger partial charge in [-0.3, -0.25) is 9.69 Å². The second kappa shape index (κ2) is 6.74. The molecule has 0 heterocycles. The summed E-state index contributed by atoms with van der Waals surface area (Å²) in [5.41, 5.74) is 0.300. The van der Waals surface area contributed by atoms with E-state index in [0.29, 0.717) is 16.5 Å². The average molecular weight is 302 g/mol. The Kier molecular flexibility index (Phi) is 5.84. The molecule has 0 aromatic heterocycles. The molecule has 1 aromatic carbocycles. The van der Waals surface area contributed by atoms with Gasteiger partial charge in [0, 0.05) is 6.42 Å². The van der Waals surface area contributed by atoms with Crippen molar-refractivity contribution in [3.05, 3.63) is 33.8 Å². The first-order valence-corrected chi connectivity index (χ1v) is 7.31. The number of nitrogens with zero attached hydrogens (tertiary/aromatic N) is 1. The highest BCUT2D eigenvalue weighted by Crippen LogP contribution is 2.27. The molecule has 0 atom stereocenters. The largest absolute Gasteiger partial charge is 0.297 e. The molecule has 0 amide bonds. The fourth-order valence-electron chi connectivity index (χ4n) is 2.26. The lowest BCUT2D eigenvalue weighted by Crippen LogP contribution is -2.50. The minimum absolute atomic E-state index is 0.153. The van der Waals surface area contributed by atoms with Crippen LogP contribution in [0.3, 0.4) is 0 Å². The van der Waals surface area contributed by atoms with E-state index in [0.717, 1.165) is 18.7 Å². The molecule has 1 rings (SSSR count). The summed E-state index contributed by atoms with van der Waals surface area (Å²) in [4.78, 5) is 14.7. The summed E-state index contributed by atoms with van der Waals surface area (Å²) in [6.45, 7) is 9.73. The van der Waals surface area contributed by atoms with Crippen molar-refractivity contribution in [1.29, 1.82) is 0 Å². The molecule has 1 aromatic rings. The van der Waals surface area contributed by atoms with Gasteiger partial charge >= 0.3 is 0 Å². The number of hydrogen-bond acceptors (Lipinski definition) is 2. The maximum absolute atomic E-state index is 12.5. The van der Waals surface area contributed by atoms with Gasteiger partial charge in [0.2, 0.25) is 0 Å². The molecule has 0 fully saturated rings. The summed E-state index contributed by atoms with van der Waals surface area (Å²) < 4.78 is 0. The quantitative estimate of drug-likeness (QED) is 0.784. The number of carbonyl (C=O) groups is 1. The van der Waals surface area contributed by atoms with Crippen molar-refractivity contribution in [2.24, 2.45) is 0 Å². The highest BCUT2D eigenvalue weighted by atomic mass is 35.5. The normalized spacial score (nSPS) is 11.9. The molecule has 4 heteroatoms. The van der Waals surface area contributed by atoms with Gasteiger partial charge in [-0.25, -0.2) is 0 Å². The van der Waals surface area contributed by atoms with Crippen molar-refractivity contribution in [2.75, 3.05) is 13.1 Å². The van der Waals surface area contributed by atoms with E-state index in [4.69, 9.17) is 23.2 Å². The number of rotatable bonds is 6. The van der Waals surface area contributed by atoms with Crippen LogP contribution in [0.2, 0.25) is 10.0 Å². The second-order valence-corrected chi connectivity index (χ2v) is 5.83. The van der Waals surface area contributed by atoms with E-state index in [9.17, 15) is 4.79 Å². The third kappa shape index (κ3) is 3.71. The fourth-order valence-corrected chi connectivity index (χ4v) is 2.65. The van der Waals surface area contributed by atoms with Gasteiger partial charge in [0.1, 0.15) is 0 Å². The van der Waals surface area contributed by atoms with Gasteiger partial charge in [-0.15, -0.1) is 0 Å². The van der Waals surface area contributed by atoms with Crippen LogP contribution in [0.4, 0.5) is 0 Å². The van der Waals surface area contributed by atoms with Crippen LogP contribution in [0.5, 0.6) is 0 Å². The predicted octanol–water partition coefficient (Wildman–Crippen LogP) is 4.23. The van der Waals surface area contributed by atoms with Gasteiger partial charge in [0.05, 0.1) is 15.6 Å². The molecular weight excluding hydrogens is 281 g/mol. The van der Waals surface area contributed by atoms with E-state index in [1.807, 2.05) is 26.0 Å². The van der Waals surface area contributed by atoms with Gasteiger partial charge in [-0.2, -0.15) is 0 Å². The Balaban J connectivity index is 2.93. The third-order valence-corrected chi connectivity index (χ3v) is 4.48. The minimum atomic E-state index is -0.491. The molecule has 0 bridgehead atoms. The van der Waals surface area contributed by atoms with Crippen molar-refractivity contribution < 1.29 is 4.79 Å². The number of Topliss-reactive ketones (excluding diaryl/α,β-unsaturated/α-hetero) is 1. The summed E-state index contributed by atoms with van der Waals surface area (Å²) in [6, 6.07) is 5.40. The molecule has 0 radical (unpaired) electrons. The number of halogens is 2. The van der Waals surface area contributed by atoms with Crippen LogP contribution in [0.15, 0.2) is 18.2 Å². The standard InChI is InChI=1S/C15H21Cl2NO/c1-5-18(6-2)15(3,4)13(19)10-11-8-7-9-12(16)14(11)17/h7-9H,5-6,10H2,1-4H3. The Labute approximate surface area is 125 Å². The SMILES string of the molecule is CCN(CC)C(C)(C)C(=O)Cc1cccc(Cl)c1Cl. The van der Waals surface area contributed by atoms with Crippen LogP contribution in [0.25, 0.3) is 0 Å². The number of benzene rings is 1. The first-order valence-electron chi connectivity index (χ1n) is 6.55. The van der Waals surface area contributed by atoms with E-state index in [-0.39, 0.29) is 5.78 Å². The molecule has 0 aliphatic rings. The lowest BCUT2D eigenvalue weighted by atomic mass is 9.91. The zero-order chi connectivity index (χ0) is 14.6. The molecule has 0 saturated carbocycles. The van der Waals surface area contributed by atoms with Crippen LogP contribution in [0, 0.1) is 0 Å². The van der Waals surface area contributed by atoms with E-state index in [2.05, 4.69) is 18.7 Å². The van der Waals surface area contributed by atoms with Crippen molar-refractivity contribution in [1.82, 2.24) is 4.90 Å². The Bertz CT molecular complexity index is 453. The number of hydrogen-bond donors (Lipinski definition) is 0. The summed E-state index contributed by atoms with van der Waals surface area (Å²) >= 11 is 12.1. The maximum atomic E-state index is 12.5. The van der Waals surface area contributed by atoms with Crippen molar-refractivity contribution in [3.63, 3.8) is 0 Å². The number of likely N-dealkylation sites (N-methyl/N-ethyl adjacent to an activating group) is 1. The van der Waals surface area contributed by atoms with E-state index < -0.39 is 5.54 Å². The molecule has 0 aliphatic carbocycles. The molecular formula is C15H21Cl2NO. The zero-order valence-corrected chi connectivity index (χ0v) is 13.5. The summed E-state index contributed by atoms with van der Waals surface area (Å²) in [7, 11) is 0. The zero-order valence-electron chi connectivity index (χ0n) is 12.0. The first kappa shape index (κ1) is 16.5. The molecule has 106 valence electrons. The van der Waals surface area contributed by atoms with E-state index in [1.165, 1.54) is 0 Å². The van der Waals surface area contributed by atoms with Gasteiger partial charge < -0.3 is 0 Å². The Morgan fingerprint density at radius 2 is 1.79 bits per heavy atom. The Morgan fingerprint density at radius 1 is 1.21 bits per heavy atom. The highest BCUT2D eigenvalue weighted by molar-refractivity contribution is 6.42. The van der Waals surface area contributed by atoms with Crippen LogP contribution in [0.1, 0.15) is 33.3 Å². The van der Waals surface area contributed by atoms with Gasteiger partial charge in [-0.1, -0.05) is 49.2 Å². The average Bonchev–Trinajstić information content (AvgIpc) is 2.36. The second-order valence-electron chi connectivity index (χ2n) is 5.04. The topological polar surface area (TPSA) is 20.3 Å². The van der Waals surface area contributed by atoms with Crippen LogP contribution in [-0.4, -0.2) is 29.3 Å². The summed E-state index contributed by atoms with van der Waals surface area (Å²) in [5.74, 6) is 0.153. The lowest BCUT2D eigenvalue weighted by molar-refractivity contribution is -0.128. The Hall–Kier alpha value is -0.570. The van der Waals surface area contributed by atoms with E-state index in [1.54, 1.807) is 6.07 Å². The molecule has 19 heavy (non-hydrogen) atoms. The molecule has 0 N–H and O–H groups in total. The fraction of sp³-hybridized carbons (Fsp3) is 0.533. The van der Waals surface area contributed by atoms with E-state index >= 15 is 0 Å². The van der Waals surface area contributed by atoms with Crippen molar-refractivity contribution in [3.8, 4) is 0 Å². The third-order valence-electron chi connectivity index (χ3n) is 3.62. The number of ketones is 1. The molecule has 2 nitrogen and oxygen atoms in total. The molecule has 0 unspecified atom stereocenters. The maximum Gasteiger partial charge on any atom is 0.156 e. The van der Waals surface area contributed by atoms with Gasteiger partial charge in [-0.05, 0) is 38.6 Å². The predicted molar refractivity (Wildman–Crippen MR) is 82.2 cm³/mol. The first-order chi connectivity index (χ1) is 8.84.